The van der Waals surface area contributed by atoms with Crippen LogP contribution >= 0.6 is 11.3 Å². The molecule has 2 aliphatic heterocycles. The van der Waals surface area contributed by atoms with Crippen molar-refractivity contribution >= 4 is 28.3 Å². The normalized spacial score (nSPS) is 22.4. The number of nitrogens with zero attached hydrogens (tertiary/aromatic N) is 1. The molecule has 1 aromatic rings. The average molecular weight is 252 g/mol. The van der Waals surface area contributed by atoms with Gasteiger partial charge in [0.25, 0.3) is 0 Å². The van der Waals surface area contributed by atoms with Gasteiger partial charge in [-0.05, 0) is 6.42 Å². The molecule has 90 valence electrons. The Bertz CT molecular complexity index is 463. The summed E-state index contributed by atoms with van der Waals surface area (Å²) in [6.45, 7) is 1.59. The van der Waals surface area contributed by atoms with Crippen molar-refractivity contribution in [2.24, 2.45) is 0 Å². The van der Waals surface area contributed by atoms with Crippen molar-refractivity contribution < 1.29 is 9.59 Å². The van der Waals surface area contributed by atoms with Crippen LogP contribution in [0.3, 0.4) is 0 Å². The number of hydrogen-bond donors (Lipinski definition) is 3. The SMILES string of the molecule is O=C1CCC(C(=O)Nc2nc3c(s2)CNC3)N1. The summed E-state index contributed by atoms with van der Waals surface area (Å²) in [5.74, 6) is -0.229. The van der Waals surface area contributed by atoms with Gasteiger partial charge in [0.2, 0.25) is 11.8 Å². The third kappa shape index (κ3) is 2.03. The van der Waals surface area contributed by atoms with E-state index < -0.39 is 6.04 Å². The van der Waals surface area contributed by atoms with Gasteiger partial charge in [0.15, 0.2) is 5.13 Å². The summed E-state index contributed by atoms with van der Waals surface area (Å²) in [5, 5.41) is 9.21. The second-order valence-corrected chi connectivity index (χ2v) is 5.22. The van der Waals surface area contributed by atoms with E-state index in [0.717, 1.165) is 18.8 Å². The lowest BCUT2D eigenvalue weighted by atomic mass is 10.2. The monoisotopic (exact) mass is 252 g/mol. The number of hydrogen-bond acceptors (Lipinski definition) is 5. The molecule has 0 radical (unpaired) electrons. The molecule has 1 atom stereocenters. The van der Waals surface area contributed by atoms with Crippen LogP contribution in [0, 0.1) is 0 Å². The van der Waals surface area contributed by atoms with Crippen molar-refractivity contribution in [1.29, 1.82) is 0 Å². The molecule has 1 aromatic heterocycles. The third-order valence-electron chi connectivity index (χ3n) is 2.90. The number of thiazole rings is 1. The van der Waals surface area contributed by atoms with Crippen LogP contribution < -0.4 is 16.0 Å². The Morgan fingerprint density at radius 2 is 2.35 bits per heavy atom. The van der Waals surface area contributed by atoms with Gasteiger partial charge >= 0.3 is 0 Å². The largest absolute Gasteiger partial charge is 0.344 e. The molecule has 1 fully saturated rings. The summed E-state index contributed by atoms with van der Waals surface area (Å²) < 4.78 is 0. The highest BCUT2D eigenvalue weighted by Crippen LogP contribution is 2.26. The Balaban J connectivity index is 1.66. The van der Waals surface area contributed by atoms with E-state index in [2.05, 4.69) is 20.9 Å². The van der Waals surface area contributed by atoms with Crippen LogP contribution in [-0.4, -0.2) is 22.8 Å². The van der Waals surface area contributed by atoms with Crippen molar-refractivity contribution in [1.82, 2.24) is 15.6 Å². The van der Waals surface area contributed by atoms with Crippen LogP contribution in [-0.2, 0) is 22.7 Å². The Hall–Kier alpha value is -1.47. The summed E-state index contributed by atoms with van der Waals surface area (Å²) in [5.41, 5.74) is 1.01. The molecule has 3 heterocycles. The molecule has 17 heavy (non-hydrogen) atoms. The molecule has 2 aliphatic rings. The van der Waals surface area contributed by atoms with Gasteiger partial charge in [0.05, 0.1) is 5.69 Å². The van der Waals surface area contributed by atoms with Crippen LogP contribution in [0.1, 0.15) is 23.4 Å². The number of nitrogens with one attached hydrogen (secondary N) is 3. The standard InChI is InChI=1S/C10H12N4O2S/c15-8-2-1-5(12-8)9(16)14-10-13-6-3-11-4-7(6)17-10/h5,11H,1-4H2,(H,12,15)(H,13,14,16). The molecule has 0 bridgehead atoms. The zero-order chi connectivity index (χ0) is 11.8. The molecule has 3 rings (SSSR count). The van der Waals surface area contributed by atoms with Gasteiger partial charge in [-0.15, -0.1) is 11.3 Å². The van der Waals surface area contributed by atoms with E-state index in [1.807, 2.05) is 0 Å². The highest BCUT2D eigenvalue weighted by molar-refractivity contribution is 7.15. The van der Waals surface area contributed by atoms with Crippen molar-refractivity contribution in [3.05, 3.63) is 10.6 Å². The zero-order valence-corrected chi connectivity index (χ0v) is 9.89. The molecule has 6 nitrogen and oxygen atoms in total. The summed E-state index contributed by atoms with van der Waals surface area (Å²) in [7, 11) is 0. The van der Waals surface area contributed by atoms with Crippen molar-refractivity contribution in [2.75, 3.05) is 5.32 Å². The summed E-state index contributed by atoms with van der Waals surface area (Å²) in [6.07, 6.45) is 0.994. The second kappa shape index (κ2) is 4.08. The first kappa shape index (κ1) is 10.7. The van der Waals surface area contributed by atoms with Crippen LogP contribution in [0.25, 0.3) is 0 Å². The van der Waals surface area contributed by atoms with E-state index in [-0.39, 0.29) is 11.8 Å². The zero-order valence-electron chi connectivity index (χ0n) is 9.08. The quantitative estimate of drug-likeness (QED) is 0.690. The maximum atomic E-state index is 11.8. The topological polar surface area (TPSA) is 83.1 Å². The molecule has 0 aliphatic carbocycles. The van der Waals surface area contributed by atoms with E-state index >= 15 is 0 Å². The fourth-order valence-corrected chi connectivity index (χ4v) is 2.96. The minimum absolute atomic E-state index is 0.0593. The molecule has 1 unspecified atom stereocenters. The Morgan fingerprint density at radius 1 is 1.47 bits per heavy atom. The first-order valence-corrected chi connectivity index (χ1v) is 6.33. The van der Waals surface area contributed by atoms with Crippen molar-refractivity contribution in [3.8, 4) is 0 Å². The predicted molar refractivity (Wildman–Crippen MR) is 62.5 cm³/mol. The Labute approximate surface area is 102 Å². The molecule has 0 saturated carbocycles. The highest BCUT2D eigenvalue weighted by Gasteiger charge is 2.28. The second-order valence-electron chi connectivity index (χ2n) is 4.14. The van der Waals surface area contributed by atoms with Crippen LogP contribution in [0.4, 0.5) is 5.13 Å². The number of carbonyl (C=O) groups excluding carboxylic acids is 2. The highest BCUT2D eigenvalue weighted by atomic mass is 32.1. The molecule has 2 amide bonds. The van der Waals surface area contributed by atoms with E-state index in [9.17, 15) is 9.59 Å². The van der Waals surface area contributed by atoms with E-state index in [1.165, 1.54) is 16.2 Å². The number of amides is 2. The number of aromatic nitrogens is 1. The predicted octanol–water partition coefficient (Wildman–Crippen LogP) is -0.0366. The minimum atomic E-state index is -0.403. The van der Waals surface area contributed by atoms with Gasteiger partial charge < -0.3 is 16.0 Å². The van der Waals surface area contributed by atoms with Crippen LogP contribution in [0.2, 0.25) is 0 Å². The van der Waals surface area contributed by atoms with Gasteiger partial charge in [-0.3, -0.25) is 9.59 Å². The van der Waals surface area contributed by atoms with E-state index in [1.54, 1.807) is 0 Å². The first-order valence-electron chi connectivity index (χ1n) is 5.52. The molecule has 7 heteroatoms. The lowest BCUT2D eigenvalue weighted by Crippen LogP contribution is -2.37. The maximum Gasteiger partial charge on any atom is 0.248 e. The average Bonchev–Trinajstić information content (AvgIpc) is 2.92. The van der Waals surface area contributed by atoms with E-state index in [4.69, 9.17) is 0 Å². The van der Waals surface area contributed by atoms with Crippen molar-refractivity contribution in [3.63, 3.8) is 0 Å². The third-order valence-corrected chi connectivity index (χ3v) is 3.91. The molecule has 0 spiro atoms. The van der Waals surface area contributed by atoms with Crippen LogP contribution in [0.5, 0.6) is 0 Å². The Morgan fingerprint density at radius 3 is 3.06 bits per heavy atom. The van der Waals surface area contributed by atoms with Gasteiger partial charge in [0, 0.05) is 24.4 Å². The maximum absolute atomic E-state index is 11.8. The molecular formula is C10H12N4O2S. The van der Waals surface area contributed by atoms with Crippen molar-refractivity contribution in [2.45, 2.75) is 32.0 Å². The summed E-state index contributed by atoms with van der Waals surface area (Å²) in [6, 6.07) is -0.403. The van der Waals surface area contributed by atoms with Gasteiger partial charge in [-0.2, -0.15) is 0 Å². The molecule has 0 aromatic carbocycles. The number of rotatable bonds is 2. The summed E-state index contributed by atoms with van der Waals surface area (Å²) in [4.78, 5) is 28.3. The lowest BCUT2D eigenvalue weighted by Gasteiger charge is -2.08. The van der Waals surface area contributed by atoms with Gasteiger partial charge in [-0.1, -0.05) is 0 Å². The number of anilines is 1. The van der Waals surface area contributed by atoms with Gasteiger partial charge in [-0.25, -0.2) is 4.98 Å². The molecule has 3 N–H and O–H groups in total. The fraction of sp³-hybridized carbons (Fsp3) is 0.500. The number of fused-ring (bicyclic) bond motifs is 1. The molecular weight excluding hydrogens is 240 g/mol. The smallest absolute Gasteiger partial charge is 0.248 e. The first-order chi connectivity index (χ1) is 8.22. The summed E-state index contributed by atoms with van der Waals surface area (Å²) >= 11 is 1.49. The Kier molecular flexibility index (Phi) is 2.56. The molecule has 1 saturated heterocycles. The lowest BCUT2D eigenvalue weighted by molar-refractivity contribution is -0.122. The van der Waals surface area contributed by atoms with Crippen LogP contribution in [0.15, 0.2) is 0 Å². The van der Waals surface area contributed by atoms with E-state index in [0.29, 0.717) is 18.0 Å². The van der Waals surface area contributed by atoms with Gasteiger partial charge in [0.1, 0.15) is 6.04 Å². The fourth-order valence-electron chi connectivity index (χ4n) is 2.01. The number of carbonyl (C=O) groups is 2. The minimum Gasteiger partial charge on any atom is -0.344 e.